The first-order chi connectivity index (χ1) is 16.2. The molecular formula is C24H27N5O4S. The van der Waals surface area contributed by atoms with Crippen LogP contribution in [-0.4, -0.2) is 57.5 Å². The lowest BCUT2D eigenvalue weighted by Crippen LogP contribution is -2.51. The van der Waals surface area contributed by atoms with Crippen LogP contribution in [0.1, 0.15) is 70.3 Å². The van der Waals surface area contributed by atoms with Crippen LogP contribution in [0.15, 0.2) is 24.3 Å². The SMILES string of the molecule is CC1Cc2c(C(=O)NCc3ccc(C#N)cc3)nn(C)c2C(=O)N1CC1(S(=O)(=O)C2CC2)CC1. The molecule has 2 saturated carbocycles. The minimum absolute atomic E-state index is 0.205. The van der Waals surface area contributed by atoms with E-state index in [9.17, 15) is 18.0 Å². The van der Waals surface area contributed by atoms with Crippen molar-refractivity contribution in [2.45, 2.75) is 61.6 Å². The fourth-order valence-corrected chi connectivity index (χ4v) is 7.31. The number of aromatic nitrogens is 2. The van der Waals surface area contributed by atoms with Crippen molar-refractivity contribution in [2.75, 3.05) is 6.54 Å². The molecule has 2 fully saturated rings. The van der Waals surface area contributed by atoms with Gasteiger partial charge in [-0.25, -0.2) is 8.42 Å². The van der Waals surface area contributed by atoms with Crippen LogP contribution in [0.4, 0.5) is 0 Å². The summed E-state index contributed by atoms with van der Waals surface area (Å²) in [5, 5.41) is 15.9. The summed E-state index contributed by atoms with van der Waals surface area (Å²) in [5.74, 6) is -0.642. The molecule has 2 heterocycles. The lowest BCUT2D eigenvalue weighted by atomic mass is 9.96. The van der Waals surface area contributed by atoms with Crippen LogP contribution >= 0.6 is 0 Å². The first-order valence-electron chi connectivity index (χ1n) is 11.5. The molecule has 2 aromatic rings. The molecule has 2 aliphatic carbocycles. The van der Waals surface area contributed by atoms with Gasteiger partial charge < -0.3 is 10.2 Å². The Labute approximate surface area is 198 Å². The molecule has 0 saturated heterocycles. The van der Waals surface area contributed by atoms with Crippen molar-refractivity contribution in [2.24, 2.45) is 7.05 Å². The number of aryl methyl sites for hydroxylation is 1. The van der Waals surface area contributed by atoms with E-state index in [1.807, 2.05) is 6.92 Å². The zero-order chi connectivity index (χ0) is 24.3. The molecule has 1 N–H and O–H groups in total. The van der Waals surface area contributed by atoms with E-state index in [1.165, 1.54) is 4.68 Å². The molecule has 1 unspecified atom stereocenters. The monoisotopic (exact) mass is 481 g/mol. The van der Waals surface area contributed by atoms with Gasteiger partial charge in [0.05, 0.1) is 21.6 Å². The summed E-state index contributed by atoms with van der Waals surface area (Å²) in [6.45, 7) is 2.37. The Kier molecular flexibility index (Phi) is 5.28. The summed E-state index contributed by atoms with van der Waals surface area (Å²) in [4.78, 5) is 28.0. The standard InChI is InChI=1S/C24H27N5O4S/c1-15-11-19-20(22(30)26-13-17-5-3-16(12-25)4-6-17)27-28(2)21(19)23(31)29(15)14-24(9-10-24)34(32,33)18-7-8-18/h3-6,15,18H,7-11,13-14H2,1-2H3,(H,26,30). The van der Waals surface area contributed by atoms with Gasteiger partial charge in [-0.1, -0.05) is 12.1 Å². The smallest absolute Gasteiger partial charge is 0.272 e. The van der Waals surface area contributed by atoms with Gasteiger partial charge in [0.15, 0.2) is 15.5 Å². The third kappa shape index (κ3) is 3.68. The summed E-state index contributed by atoms with van der Waals surface area (Å²) in [6.07, 6.45) is 3.09. The number of hydrogen-bond acceptors (Lipinski definition) is 6. The Bertz CT molecular complexity index is 1310. The molecule has 1 atom stereocenters. The van der Waals surface area contributed by atoms with Crippen LogP contribution in [0.25, 0.3) is 0 Å². The minimum atomic E-state index is -3.23. The zero-order valence-corrected chi connectivity index (χ0v) is 20.1. The van der Waals surface area contributed by atoms with E-state index in [0.717, 1.165) is 18.4 Å². The molecule has 3 aliphatic rings. The number of benzene rings is 1. The highest BCUT2D eigenvalue weighted by atomic mass is 32.2. The second-order valence-electron chi connectivity index (χ2n) is 9.70. The summed E-state index contributed by atoms with van der Waals surface area (Å²) < 4.78 is 26.6. The molecular weight excluding hydrogens is 454 g/mol. The number of rotatable bonds is 7. The first kappa shape index (κ1) is 22.6. The van der Waals surface area contributed by atoms with Gasteiger partial charge in [-0.05, 0) is 56.7 Å². The Hall–Kier alpha value is -3.19. The highest BCUT2D eigenvalue weighted by Gasteiger charge is 2.61. The third-order valence-corrected chi connectivity index (χ3v) is 10.3. The third-order valence-electron chi connectivity index (χ3n) is 7.22. The largest absolute Gasteiger partial charge is 0.347 e. The average molecular weight is 482 g/mol. The molecule has 0 spiro atoms. The summed E-state index contributed by atoms with van der Waals surface area (Å²) in [7, 11) is -1.60. The number of nitriles is 1. The van der Waals surface area contributed by atoms with E-state index in [4.69, 9.17) is 5.26 Å². The van der Waals surface area contributed by atoms with Crippen molar-refractivity contribution < 1.29 is 18.0 Å². The van der Waals surface area contributed by atoms with Crippen LogP contribution in [0.5, 0.6) is 0 Å². The normalized spacial score (nSPS) is 21.0. The second-order valence-corrected chi connectivity index (χ2v) is 12.3. The average Bonchev–Trinajstić information content (AvgIpc) is 3.73. The van der Waals surface area contributed by atoms with Crippen molar-refractivity contribution in [1.29, 1.82) is 5.26 Å². The predicted molar refractivity (Wildman–Crippen MR) is 124 cm³/mol. The van der Waals surface area contributed by atoms with Crippen LogP contribution < -0.4 is 5.32 Å². The van der Waals surface area contributed by atoms with Crippen molar-refractivity contribution in [3.05, 3.63) is 52.3 Å². The quantitative estimate of drug-likeness (QED) is 0.642. The number of fused-ring (bicyclic) bond motifs is 1. The summed E-state index contributed by atoms with van der Waals surface area (Å²) >= 11 is 0. The van der Waals surface area contributed by atoms with Gasteiger partial charge in [-0.2, -0.15) is 10.4 Å². The van der Waals surface area contributed by atoms with Gasteiger partial charge in [0, 0.05) is 31.7 Å². The molecule has 0 bridgehead atoms. The molecule has 0 radical (unpaired) electrons. The fraction of sp³-hybridized carbons (Fsp3) is 0.500. The van der Waals surface area contributed by atoms with E-state index in [2.05, 4.69) is 16.5 Å². The van der Waals surface area contributed by atoms with Crippen LogP contribution in [-0.2, 0) is 29.9 Å². The second kappa shape index (κ2) is 7.94. The number of amides is 2. The predicted octanol–water partition coefficient (Wildman–Crippen LogP) is 1.72. The Morgan fingerprint density at radius 2 is 1.94 bits per heavy atom. The van der Waals surface area contributed by atoms with Gasteiger partial charge in [-0.3, -0.25) is 14.3 Å². The molecule has 2 amide bonds. The Morgan fingerprint density at radius 3 is 2.53 bits per heavy atom. The van der Waals surface area contributed by atoms with Crippen molar-refractivity contribution in [3.8, 4) is 6.07 Å². The summed E-state index contributed by atoms with van der Waals surface area (Å²) in [5.41, 5.74) is 2.56. The van der Waals surface area contributed by atoms with E-state index in [0.29, 0.717) is 36.1 Å². The molecule has 34 heavy (non-hydrogen) atoms. The van der Waals surface area contributed by atoms with Gasteiger partial charge in [0.25, 0.3) is 11.8 Å². The zero-order valence-electron chi connectivity index (χ0n) is 19.2. The molecule has 10 heteroatoms. The summed E-state index contributed by atoms with van der Waals surface area (Å²) in [6, 6.07) is 8.76. The van der Waals surface area contributed by atoms with E-state index < -0.39 is 14.6 Å². The minimum Gasteiger partial charge on any atom is -0.347 e. The molecule has 9 nitrogen and oxygen atoms in total. The number of nitrogens with one attached hydrogen (secondary N) is 1. The van der Waals surface area contributed by atoms with Gasteiger partial charge in [0.2, 0.25) is 0 Å². The highest BCUT2D eigenvalue weighted by Crippen LogP contribution is 2.51. The van der Waals surface area contributed by atoms with Crippen molar-refractivity contribution in [3.63, 3.8) is 0 Å². The fourth-order valence-electron chi connectivity index (χ4n) is 4.86. The highest BCUT2D eigenvalue weighted by molar-refractivity contribution is 7.94. The van der Waals surface area contributed by atoms with Crippen LogP contribution in [0.2, 0.25) is 0 Å². The first-order valence-corrected chi connectivity index (χ1v) is 13.1. The lowest BCUT2D eigenvalue weighted by Gasteiger charge is -2.36. The van der Waals surface area contributed by atoms with Crippen molar-refractivity contribution in [1.82, 2.24) is 20.0 Å². The number of carbonyl (C=O) groups excluding carboxylic acids is 2. The maximum absolute atomic E-state index is 13.5. The van der Waals surface area contributed by atoms with Crippen molar-refractivity contribution >= 4 is 21.7 Å². The number of sulfone groups is 1. The van der Waals surface area contributed by atoms with E-state index in [-0.39, 0.29) is 41.9 Å². The molecule has 1 aliphatic heterocycles. The van der Waals surface area contributed by atoms with E-state index in [1.54, 1.807) is 36.2 Å². The number of carbonyl (C=O) groups is 2. The Morgan fingerprint density at radius 1 is 1.26 bits per heavy atom. The van der Waals surface area contributed by atoms with Gasteiger partial charge in [0.1, 0.15) is 5.69 Å². The molecule has 5 rings (SSSR count). The van der Waals surface area contributed by atoms with E-state index >= 15 is 0 Å². The molecule has 178 valence electrons. The Balaban J connectivity index is 1.34. The number of hydrogen-bond donors (Lipinski definition) is 1. The number of nitrogens with zero attached hydrogens (tertiary/aromatic N) is 4. The van der Waals surface area contributed by atoms with Crippen LogP contribution in [0, 0.1) is 11.3 Å². The van der Waals surface area contributed by atoms with Gasteiger partial charge in [-0.15, -0.1) is 0 Å². The lowest BCUT2D eigenvalue weighted by molar-refractivity contribution is 0.0649. The molecule has 1 aromatic heterocycles. The maximum atomic E-state index is 13.5. The van der Waals surface area contributed by atoms with Gasteiger partial charge >= 0.3 is 0 Å². The molecule has 1 aromatic carbocycles. The van der Waals surface area contributed by atoms with Crippen LogP contribution in [0.3, 0.4) is 0 Å². The maximum Gasteiger partial charge on any atom is 0.272 e. The topological polar surface area (TPSA) is 125 Å².